The lowest BCUT2D eigenvalue weighted by atomic mass is 10.0. The molecular weight excluding hydrogens is 348 g/mol. The molecular formula is C19H20N4O2S. The summed E-state index contributed by atoms with van der Waals surface area (Å²) in [5.74, 6) is 1.05. The summed E-state index contributed by atoms with van der Waals surface area (Å²) in [7, 11) is 1.60. The third-order valence-electron chi connectivity index (χ3n) is 4.00. The predicted molar refractivity (Wildman–Crippen MR) is 108 cm³/mol. The van der Waals surface area contributed by atoms with Crippen molar-refractivity contribution >= 4 is 39.6 Å². The number of hydrogen-bond donors (Lipinski definition) is 3. The molecule has 3 rings (SSSR count). The van der Waals surface area contributed by atoms with E-state index < -0.39 is 0 Å². The van der Waals surface area contributed by atoms with Gasteiger partial charge in [0.25, 0.3) is 0 Å². The summed E-state index contributed by atoms with van der Waals surface area (Å²) in [6.07, 6.45) is 0. The van der Waals surface area contributed by atoms with Crippen LogP contribution in [0.5, 0.6) is 11.6 Å². The van der Waals surface area contributed by atoms with Crippen LogP contribution in [0, 0.1) is 0 Å². The van der Waals surface area contributed by atoms with Crippen molar-refractivity contribution in [2.24, 2.45) is 10.2 Å². The molecule has 0 aliphatic carbocycles. The second kappa shape index (κ2) is 7.53. The molecule has 0 unspecified atom stereocenters. The number of fused-ring (bicyclic) bond motifs is 1. The van der Waals surface area contributed by atoms with Gasteiger partial charge in [-0.2, -0.15) is 0 Å². The van der Waals surface area contributed by atoms with Gasteiger partial charge in [-0.1, -0.05) is 26.0 Å². The zero-order valence-electron chi connectivity index (χ0n) is 14.8. The van der Waals surface area contributed by atoms with Crippen molar-refractivity contribution in [3.63, 3.8) is 0 Å². The fourth-order valence-corrected chi connectivity index (χ4v) is 2.74. The van der Waals surface area contributed by atoms with Gasteiger partial charge in [-0.3, -0.25) is 0 Å². The second-order valence-electron chi connectivity index (χ2n) is 6.14. The van der Waals surface area contributed by atoms with Crippen LogP contribution >= 0.6 is 12.2 Å². The number of rotatable bonds is 4. The van der Waals surface area contributed by atoms with Crippen LogP contribution < -0.4 is 10.1 Å². The van der Waals surface area contributed by atoms with Gasteiger partial charge in [-0.25, -0.2) is 0 Å². The lowest BCUT2D eigenvalue weighted by molar-refractivity contribution is 0.415. The summed E-state index contributed by atoms with van der Waals surface area (Å²) < 4.78 is 5.18. The van der Waals surface area contributed by atoms with E-state index in [0.717, 1.165) is 22.2 Å². The first-order chi connectivity index (χ1) is 12.5. The van der Waals surface area contributed by atoms with Gasteiger partial charge in [0.05, 0.1) is 12.6 Å². The first-order valence-electron chi connectivity index (χ1n) is 8.19. The highest BCUT2D eigenvalue weighted by atomic mass is 32.1. The Hall–Kier alpha value is -2.93. The molecule has 0 aliphatic heterocycles. The number of ether oxygens (including phenoxy) is 1. The summed E-state index contributed by atoms with van der Waals surface area (Å²) in [5, 5.41) is 22.3. The Kier molecular flexibility index (Phi) is 5.18. The van der Waals surface area contributed by atoms with Crippen LogP contribution in [0.1, 0.15) is 25.3 Å². The van der Waals surface area contributed by atoms with Gasteiger partial charge in [-0.15, -0.1) is 10.2 Å². The number of H-pyrrole nitrogens is 1. The molecule has 0 bridgehead atoms. The van der Waals surface area contributed by atoms with E-state index in [1.165, 1.54) is 0 Å². The Labute approximate surface area is 156 Å². The molecule has 1 heterocycles. The van der Waals surface area contributed by atoms with Gasteiger partial charge in [-0.05, 0) is 48.0 Å². The summed E-state index contributed by atoms with van der Waals surface area (Å²) in [5.41, 5.74) is 3.08. The highest BCUT2D eigenvalue weighted by Gasteiger charge is 2.12. The fourth-order valence-electron chi connectivity index (χ4n) is 2.59. The molecule has 0 saturated carbocycles. The van der Waals surface area contributed by atoms with Crippen molar-refractivity contribution in [1.29, 1.82) is 0 Å². The topological polar surface area (TPSA) is 82.0 Å². The van der Waals surface area contributed by atoms with Crippen molar-refractivity contribution in [3.05, 3.63) is 48.0 Å². The molecule has 0 atom stereocenters. The van der Waals surface area contributed by atoms with Crippen LogP contribution in [-0.4, -0.2) is 22.3 Å². The minimum atomic E-state index is -0.0335. The van der Waals surface area contributed by atoms with Crippen LogP contribution in [0.25, 0.3) is 10.9 Å². The maximum Gasteiger partial charge on any atom is 0.218 e. The van der Waals surface area contributed by atoms with Crippen LogP contribution in [0.2, 0.25) is 0 Å². The minimum Gasteiger partial charge on any atom is -0.497 e. The number of aromatic hydroxyl groups is 1. The first-order valence-corrected chi connectivity index (χ1v) is 8.60. The molecule has 0 amide bonds. The van der Waals surface area contributed by atoms with Gasteiger partial charge in [0.15, 0.2) is 5.69 Å². The van der Waals surface area contributed by atoms with E-state index in [2.05, 4.69) is 34.4 Å². The lowest BCUT2D eigenvalue weighted by Crippen LogP contribution is -2.04. The maximum atomic E-state index is 10.1. The average molecular weight is 368 g/mol. The zero-order chi connectivity index (χ0) is 18.7. The Morgan fingerprint density at radius 3 is 2.77 bits per heavy atom. The number of aromatic amines is 1. The van der Waals surface area contributed by atoms with Crippen molar-refractivity contribution in [3.8, 4) is 11.6 Å². The fraction of sp³-hybridized carbons (Fsp3) is 0.211. The normalized spacial score (nSPS) is 11.4. The van der Waals surface area contributed by atoms with Crippen LogP contribution in [0.15, 0.2) is 52.7 Å². The third-order valence-corrected chi connectivity index (χ3v) is 4.19. The van der Waals surface area contributed by atoms with Gasteiger partial charge < -0.3 is 20.1 Å². The minimum absolute atomic E-state index is 0.0335. The Balaban J connectivity index is 1.84. The number of anilines is 1. The predicted octanol–water partition coefficient (Wildman–Crippen LogP) is 5.49. The maximum absolute atomic E-state index is 10.1. The zero-order valence-corrected chi connectivity index (χ0v) is 15.6. The molecule has 0 saturated heterocycles. The van der Waals surface area contributed by atoms with Gasteiger partial charge in [0.2, 0.25) is 11.0 Å². The Bertz CT molecular complexity index is 979. The summed E-state index contributed by atoms with van der Waals surface area (Å²) in [4.78, 5) is 2.90. The van der Waals surface area contributed by atoms with Crippen molar-refractivity contribution in [1.82, 2.24) is 4.98 Å². The highest BCUT2D eigenvalue weighted by molar-refractivity contribution is 7.80. The van der Waals surface area contributed by atoms with Crippen molar-refractivity contribution in [2.45, 2.75) is 19.8 Å². The lowest BCUT2D eigenvalue weighted by Gasteiger charge is -2.05. The second-order valence-corrected chi connectivity index (χ2v) is 6.53. The average Bonchev–Trinajstić information content (AvgIpc) is 2.94. The number of methoxy groups -OCH3 is 1. The molecule has 3 N–H and O–H groups in total. The summed E-state index contributed by atoms with van der Waals surface area (Å²) in [6, 6.07) is 13.3. The summed E-state index contributed by atoms with van der Waals surface area (Å²) >= 11 is 5.22. The molecule has 6 nitrogen and oxygen atoms in total. The first kappa shape index (κ1) is 17.9. The van der Waals surface area contributed by atoms with Gasteiger partial charge in [0, 0.05) is 17.1 Å². The molecule has 26 heavy (non-hydrogen) atoms. The molecule has 0 radical (unpaired) electrons. The number of azo groups is 1. The van der Waals surface area contributed by atoms with Crippen LogP contribution in [-0.2, 0) is 0 Å². The number of benzene rings is 2. The van der Waals surface area contributed by atoms with E-state index in [4.69, 9.17) is 17.0 Å². The van der Waals surface area contributed by atoms with E-state index in [-0.39, 0.29) is 11.0 Å². The molecule has 1 aromatic heterocycles. The van der Waals surface area contributed by atoms with Gasteiger partial charge in [0.1, 0.15) is 5.75 Å². The summed E-state index contributed by atoms with van der Waals surface area (Å²) in [6.45, 7) is 4.23. The van der Waals surface area contributed by atoms with Crippen molar-refractivity contribution < 1.29 is 9.84 Å². The molecule has 3 aromatic rings. The van der Waals surface area contributed by atoms with Gasteiger partial charge >= 0.3 is 0 Å². The molecule has 0 spiro atoms. The number of nitrogens with zero attached hydrogens (tertiary/aromatic N) is 2. The van der Waals surface area contributed by atoms with E-state index >= 15 is 0 Å². The smallest absolute Gasteiger partial charge is 0.218 e. The van der Waals surface area contributed by atoms with Crippen LogP contribution in [0.3, 0.4) is 0 Å². The molecule has 0 fully saturated rings. The van der Waals surface area contributed by atoms with E-state index in [1.54, 1.807) is 13.2 Å². The SMILES string of the molecule is COc1cccc(NC(=S)N=Nc2c(O)[nH]c3ccc(C(C)C)cc23)c1. The van der Waals surface area contributed by atoms with Crippen molar-refractivity contribution in [2.75, 3.05) is 12.4 Å². The van der Waals surface area contributed by atoms with E-state index in [9.17, 15) is 5.11 Å². The quantitative estimate of drug-likeness (QED) is 0.420. The molecule has 7 heteroatoms. The molecule has 2 aromatic carbocycles. The monoisotopic (exact) mass is 368 g/mol. The largest absolute Gasteiger partial charge is 0.497 e. The molecule has 134 valence electrons. The number of thiocarbonyl (C=S) groups is 1. The number of hydrogen-bond acceptors (Lipinski definition) is 4. The Morgan fingerprint density at radius 1 is 1.23 bits per heavy atom. The van der Waals surface area contributed by atoms with Crippen LogP contribution in [0.4, 0.5) is 11.4 Å². The van der Waals surface area contributed by atoms with E-state index in [1.807, 2.05) is 36.4 Å². The number of nitrogens with one attached hydrogen (secondary N) is 2. The number of aromatic nitrogens is 1. The standard InChI is InChI=1S/C19H20N4O2S/c1-11(2)12-7-8-16-15(9-12)17(18(24)21-16)22-23-19(26)20-13-5-4-6-14(10-13)25-3/h4-11,21,24H,1-3H3,(H,20,26). The Morgan fingerprint density at radius 2 is 2.04 bits per heavy atom. The van der Waals surface area contributed by atoms with E-state index in [0.29, 0.717) is 17.4 Å². The molecule has 0 aliphatic rings. The third kappa shape index (κ3) is 3.83. The highest BCUT2D eigenvalue weighted by Crippen LogP contribution is 2.37.